The van der Waals surface area contributed by atoms with Gasteiger partial charge in [-0.25, -0.2) is 4.98 Å². The lowest BCUT2D eigenvalue weighted by Crippen LogP contribution is -2.16. The summed E-state index contributed by atoms with van der Waals surface area (Å²) in [5.41, 5.74) is 3.36. The van der Waals surface area contributed by atoms with Crippen LogP contribution in [-0.2, 0) is 11.2 Å². The molecule has 19 heavy (non-hydrogen) atoms. The minimum absolute atomic E-state index is 0.0394. The lowest BCUT2D eigenvalue weighted by molar-refractivity contribution is -0.115. The molecule has 0 atom stereocenters. The quantitative estimate of drug-likeness (QED) is 0.846. The van der Waals surface area contributed by atoms with Crippen molar-refractivity contribution < 1.29 is 4.79 Å². The highest BCUT2D eigenvalue weighted by atomic mass is 127. The summed E-state index contributed by atoms with van der Waals surface area (Å²) >= 11 is 2.18. The van der Waals surface area contributed by atoms with Crippen molar-refractivity contribution >= 4 is 34.3 Å². The highest BCUT2D eigenvalue weighted by Gasteiger charge is 2.07. The van der Waals surface area contributed by atoms with E-state index in [9.17, 15) is 4.79 Å². The number of amides is 1. The molecule has 1 aromatic heterocycles. The van der Waals surface area contributed by atoms with Crippen molar-refractivity contribution in [3.8, 4) is 0 Å². The third-order valence-corrected chi connectivity index (χ3v) is 3.49. The lowest BCUT2D eigenvalue weighted by Gasteiger charge is -2.08. The van der Waals surface area contributed by atoms with Gasteiger partial charge in [-0.3, -0.25) is 4.79 Å². The Bertz CT molecular complexity index is 594. The number of hydrogen-bond acceptors (Lipinski definition) is 2. The SMILES string of the molecule is Cc1ccc(C)c(CC(=O)Nc2ccc(I)cn2)c1. The van der Waals surface area contributed by atoms with Gasteiger partial charge in [-0.15, -0.1) is 0 Å². The van der Waals surface area contributed by atoms with Crippen LogP contribution in [0.1, 0.15) is 16.7 Å². The maximum absolute atomic E-state index is 12.0. The van der Waals surface area contributed by atoms with Gasteiger partial charge < -0.3 is 5.32 Å². The van der Waals surface area contributed by atoms with Crippen molar-refractivity contribution in [3.05, 3.63) is 56.8 Å². The molecule has 0 spiro atoms. The molecule has 0 saturated heterocycles. The second-order valence-corrected chi connectivity index (χ2v) is 5.76. The molecule has 4 heteroatoms. The number of hydrogen-bond donors (Lipinski definition) is 1. The Labute approximate surface area is 126 Å². The first kappa shape index (κ1) is 14.0. The molecule has 1 amide bonds. The third-order valence-electron chi connectivity index (χ3n) is 2.85. The van der Waals surface area contributed by atoms with Gasteiger partial charge in [0.2, 0.25) is 5.91 Å². The molecule has 0 radical (unpaired) electrons. The molecular weight excluding hydrogens is 351 g/mol. The van der Waals surface area contributed by atoms with Gasteiger partial charge in [0.1, 0.15) is 5.82 Å². The molecule has 98 valence electrons. The Balaban J connectivity index is 2.05. The van der Waals surface area contributed by atoms with Crippen LogP contribution in [0.15, 0.2) is 36.5 Å². The first-order chi connectivity index (χ1) is 9.04. The number of anilines is 1. The molecular formula is C15H15IN2O. The summed E-state index contributed by atoms with van der Waals surface area (Å²) in [5.74, 6) is 0.554. The van der Waals surface area contributed by atoms with Crippen LogP contribution in [0.25, 0.3) is 0 Å². The van der Waals surface area contributed by atoms with Crippen molar-refractivity contribution in [2.45, 2.75) is 20.3 Å². The number of nitrogens with one attached hydrogen (secondary N) is 1. The molecule has 1 N–H and O–H groups in total. The number of carbonyl (C=O) groups is 1. The van der Waals surface area contributed by atoms with E-state index < -0.39 is 0 Å². The Morgan fingerprint density at radius 3 is 2.74 bits per heavy atom. The molecule has 0 fully saturated rings. The zero-order valence-electron chi connectivity index (χ0n) is 10.9. The molecule has 0 aliphatic rings. The Morgan fingerprint density at radius 2 is 2.05 bits per heavy atom. The predicted octanol–water partition coefficient (Wildman–Crippen LogP) is 3.48. The second-order valence-electron chi connectivity index (χ2n) is 4.52. The van der Waals surface area contributed by atoms with Gasteiger partial charge in [0, 0.05) is 9.77 Å². The van der Waals surface area contributed by atoms with Gasteiger partial charge in [0.05, 0.1) is 6.42 Å². The molecule has 0 aliphatic heterocycles. The number of aryl methyl sites for hydroxylation is 2. The van der Waals surface area contributed by atoms with Crippen molar-refractivity contribution in [2.75, 3.05) is 5.32 Å². The molecule has 0 aliphatic carbocycles. The second kappa shape index (κ2) is 6.14. The molecule has 0 saturated carbocycles. The fraction of sp³-hybridized carbons (Fsp3) is 0.200. The molecule has 2 rings (SSSR count). The van der Waals surface area contributed by atoms with Crippen LogP contribution >= 0.6 is 22.6 Å². The highest BCUT2D eigenvalue weighted by Crippen LogP contribution is 2.13. The summed E-state index contributed by atoms with van der Waals surface area (Å²) in [6.45, 7) is 4.05. The average Bonchev–Trinajstić information content (AvgIpc) is 2.37. The van der Waals surface area contributed by atoms with E-state index in [-0.39, 0.29) is 5.91 Å². The summed E-state index contributed by atoms with van der Waals surface area (Å²) in [5, 5.41) is 2.81. The normalized spacial score (nSPS) is 10.3. The van der Waals surface area contributed by atoms with Crippen molar-refractivity contribution in [1.82, 2.24) is 4.98 Å². The molecule has 1 aromatic carbocycles. The molecule has 2 aromatic rings. The van der Waals surface area contributed by atoms with E-state index in [0.717, 1.165) is 14.7 Å². The number of nitrogens with zero attached hydrogens (tertiary/aromatic N) is 1. The van der Waals surface area contributed by atoms with Crippen molar-refractivity contribution in [1.29, 1.82) is 0 Å². The van der Waals surface area contributed by atoms with Crippen LogP contribution in [0.3, 0.4) is 0 Å². The standard InChI is InChI=1S/C15H15IN2O/c1-10-3-4-11(2)12(7-10)8-15(19)18-14-6-5-13(16)9-17-14/h3-7,9H,8H2,1-2H3,(H,17,18,19). The van der Waals surface area contributed by atoms with Crippen LogP contribution < -0.4 is 5.32 Å². The number of benzene rings is 1. The summed E-state index contributed by atoms with van der Waals surface area (Å²) in [6, 6.07) is 9.87. The summed E-state index contributed by atoms with van der Waals surface area (Å²) in [6.07, 6.45) is 2.11. The maximum atomic E-state index is 12.0. The molecule has 0 bridgehead atoms. The van der Waals surface area contributed by atoms with E-state index in [0.29, 0.717) is 12.2 Å². The molecule has 1 heterocycles. The van der Waals surface area contributed by atoms with E-state index in [1.54, 1.807) is 6.20 Å². The minimum atomic E-state index is -0.0394. The Hall–Kier alpha value is -1.43. The fourth-order valence-electron chi connectivity index (χ4n) is 1.80. The largest absolute Gasteiger partial charge is 0.310 e. The van der Waals surface area contributed by atoms with Crippen LogP contribution in [0, 0.1) is 17.4 Å². The number of carbonyl (C=O) groups excluding carboxylic acids is 1. The van der Waals surface area contributed by atoms with Crippen LogP contribution in [0.5, 0.6) is 0 Å². The summed E-state index contributed by atoms with van der Waals surface area (Å²) < 4.78 is 1.05. The summed E-state index contributed by atoms with van der Waals surface area (Å²) in [4.78, 5) is 16.1. The van der Waals surface area contributed by atoms with Gasteiger partial charge in [-0.2, -0.15) is 0 Å². The van der Waals surface area contributed by atoms with E-state index in [2.05, 4.69) is 45.0 Å². The zero-order chi connectivity index (χ0) is 13.8. The first-order valence-electron chi connectivity index (χ1n) is 6.02. The van der Waals surface area contributed by atoms with E-state index in [1.165, 1.54) is 5.56 Å². The lowest BCUT2D eigenvalue weighted by atomic mass is 10.0. The third kappa shape index (κ3) is 4.02. The zero-order valence-corrected chi connectivity index (χ0v) is 13.1. The highest BCUT2D eigenvalue weighted by molar-refractivity contribution is 14.1. The molecule has 0 unspecified atom stereocenters. The van der Waals surface area contributed by atoms with Crippen LogP contribution in [0.4, 0.5) is 5.82 Å². The Morgan fingerprint density at radius 1 is 1.26 bits per heavy atom. The van der Waals surface area contributed by atoms with E-state index >= 15 is 0 Å². The summed E-state index contributed by atoms with van der Waals surface area (Å²) in [7, 11) is 0. The van der Waals surface area contributed by atoms with E-state index in [1.807, 2.05) is 32.0 Å². The number of halogens is 1. The van der Waals surface area contributed by atoms with Crippen LogP contribution in [-0.4, -0.2) is 10.9 Å². The van der Waals surface area contributed by atoms with Crippen molar-refractivity contribution in [2.24, 2.45) is 0 Å². The van der Waals surface area contributed by atoms with Gasteiger partial charge in [-0.05, 0) is 59.7 Å². The van der Waals surface area contributed by atoms with E-state index in [4.69, 9.17) is 0 Å². The number of pyridine rings is 1. The number of aromatic nitrogens is 1. The van der Waals surface area contributed by atoms with Crippen molar-refractivity contribution in [3.63, 3.8) is 0 Å². The van der Waals surface area contributed by atoms with Gasteiger partial charge in [0.25, 0.3) is 0 Å². The monoisotopic (exact) mass is 366 g/mol. The predicted molar refractivity (Wildman–Crippen MR) is 85.2 cm³/mol. The average molecular weight is 366 g/mol. The smallest absolute Gasteiger partial charge is 0.229 e. The molecule has 3 nitrogen and oxygen atoms in total. The minimum Gasteiger partial charge on any atom is -0.310 e. The van der Waals surface area contributed by atoms with Gasteiger partial charge in [-0.1, -0.05) is 23.8 Å². The maximum Gasteiger partial charge on any atom is 0.229 e. The van der Waals surface area contributed by atoms with Gasteiger partial charge in [0.15, 0.2) is 0 Å². The Kier molecular flexibility index (Phi) is 4.52. The van der Waals surface area contributed by atoms with Crippen LogP contribution in [0.2, 0.25) is 0 Å². The fourth-order valence-corrected chi connectivity index (χ4v) is 2.12. The van der Waals surface area contributed by atoms with Gasteiger partial charge >= 0.3 is 0 Å². The first-order valence-corrected chi connectivity index (χ1v) is 7.10. The number of rotatable bonds is 3. The topological polar surface area (TPSA) is 42.0 Å².